The first-order chi connectivity index (χ1) is 14.2. The number of hydrogen-bond acceptors (Lipinski definition) is 3. The number of fused-ring (bicyclic) bond motifs is 1. The highest BCUT2D eigenvalue weighted by atomic mass is 16.5. The van der Waals surface area contributed by atoms with Crippen LogP contribution < -0.4 is 10.0 Å². The van der Waals surface area contributed by atoms with Crippen molar-refractivity contribution < 1.29 is 9.52 Å². The van der Waals surface area contributed by atoms with Crippen LogP contribution in [0.15, 0.2) is 85.2 Å². The number of nitrogens with zero attached hydrogens (tertiary/aromatic N) is 2. The number of nitrogens with one attached hydrogen (secondary N) is 1. The van der Waals surface area contributed by atoms with Crippen LogP contribution in [0.5, 0.6) is 0 Å². The van der Waals surface area contributed by atoms with E-state index in [1.54, 1.807) is 6.07 Å². The van der Waals surface area contributed by atoms with E-state index in [1.165, 1.54) is 12.4 Å². The molecule has 5 nitrogen and oxygen atoms in total. The van der Waals surface area contributed by atoms with Crippen LogP contribution in [0, 0.1) is 5.21 Å². The molecule has 0 aliphatic heterocycles. The van der Waals surface area contributed by atoms with Crippen molar-refractivity contribution in [3.05, 3.63) is 102 Å². The van der Waals surface area contributed by atoms with E-state index >= 15 is 0 Å². The van der Waals surface area contributed by atoms with Crippen LogP contribution >= 0.6 is 0 Å². The molecule has 4 rings (SSSR count). The van der Waals surface area contributed by atoms with Gasteiger partial charge in [-0.05, 0) is 24.6 Å². The first kappa shape index (κ1) is 18.6. The molecule has 0 fully saturated rings. The molecule has 1 amide bonds. The molecule has 0 saturated carbocycles. The molecule has 0 bridgehead atoms. The molecule has 2 aromatic carbocycles. The summed E-state index contributed by atoms with van der Waals surface area (Å²) in [6.45, 7) is 1.98. The Hall–Kier alpha value is -3.73. The Morgan fingerprint density at radius 1 is 1.07 bits per heavy atom. The van der Waals surface area contributed by atoms with E-state index in [9.17, 15) is 10.0 Å². The lowest BCUT2D eigenvalue weighted by Crippen LogP contribution is -2.31. The molecule has 0 radical (unpaired) electrons. The van der Waals surface area contributed by atoms with Gasteiger partial charge in [0, 0.05) is 22.6 Å². The van der Waals surface area contributed by atoms with Gasteiger partial charge in [0.2, 0.25) is 0 Å². The van der Waals surface area contributed by atoms with Crippen molar-refractivity contribution >= 4 is 16.8 Å². The number of benzene rings is 2. The van der Waals surface area contributed by atoms with Gasteiger partial charge < -0.3 is 10.5 Å². The smallest absolute Gasteiger partial charge is 0.252 e. The Morgan fingerprint density at radius 2 is 1.83 bits per heavy atom. The van der Waals surface area contributed by atoms with Crippen molar-refractivity contribution in [1.29, 1.82) is 0 Å². The molecule has 1 unspecified atom stereocenters. The molecular weight excluding hydrogens is 362 g/mol. The van der Waals surface area contributed by atoms with Gasteiger partial charge in [0.15, 0.2) is 12.4 Å². The zero-order chi connectivity index (χ0) is 20.2. The van der Waals surface area contributed by atoms with Gasteiger partial charge >= 0.3 is 0 Å². The molecule has 2 aromatic heterocycles. The van der Waals surface area contributed by atoms with Crippen molar-refractivity contribution in [3.8, 4) is 11.3 Å². The van der Waals surface area contributed by atoms with Crippen molar-refractivity contribution in [3.63, 3.8) is 0 Å². The van der Waals surface area contributed by atoms with Crippen molar-refractivity contribution in [2.75, 3.05) is 0 Å². The topological polar surface area (TPSA) is 68.9 Å². The van der Waals surface area contributed by atoms with Gasteiger partial charge in [-0.25, -0.2) is 4.98 Å². The van der Waals surface area contributed by atoms with E-state index in [0.29, 0.717) is 12.0 Å². The minimum absolute atomic E-state index is 0.186. The third kappa shape index (κ3) is 3.94. The summed E-state index contributed by atoms with van der Waals surface area (Å²) in [6, 6.07) is 22.6. The standard InChI is InChI=1S/C24H21N3O2/c1-2-21(18-11-8-14-27(29)16-18)26-24(28)20-15-23(17-9-4-3-5-10-17)25-22-13-7-6-12-19(20)22/h3-16,21H,2H2,1H3,(H,26,28). The molecule has 0 saturated heterocycles. The Morgan fingerprint density at radius 3 is 2.59 bits per heavy atom. The highest BCUT2D eigenvalue weighted by Gasteiger charge is 2.19. The van der Waals surface area contributed by atoms with Crippen LogP contribution in [0.4, 0.5) is 0 Å². The number of carbonyl (C=O) groups is 1. The summed E-state index contributed by atoms with van der Waals surface area (Å²) in [5.41, 5.74) is 3.82. The molecule has 2 heterocycles. The third-order valence-corrected chi connectivity index (χ3v) is 4.94. The molecule has 0 aliphatic carbocycles. The minimum Gasteiger partial charge on any atom is -0.619 e. The summed E-state index contributed by atoms with van der Waals surface area (Å²) in [7, 11) is 0. The Bertz CT molecular complexity index is 1160. The average molecular weight is 383 g/mol. The van der Waals surface area contributed by atoms with Gasteiger partial charge in [-0.3, -0.25) is 4.79 Å². The quantitative estimate of drug-likeness (QED) is 0.410. The molecule has 1 atom stereocenters. The molecule has 0 aliphatic rings. The predicted molar refractivity (Wildman–Crippen MR) is 113 cm³/mol. The van der Waals surface area contributed by atoms with Gasteiger partial charge in [0.1, 0.15) is 0 Å². The van der Waals surface area contributed by atoms with Crippen molar-refractivity contribution in [2.24, 2.45) is 0 Å². The normalized spacial score (nSPS) is 11.9. The first-order valence-corrected chi connectivity index (χ1v) is 9.60. The maximum atomic E-state index is 13.2. The van der Waals surface area contributed by atoms with Crippen LogP contribution in [0.1, 0.15) is 35.3 Å². The lowest BCUT2D eigenvalue weighted by Gasteiger charge is -2.18. The molecule has 0 spiro atoms. The van der Waals surface area contributed by atoms with Crippen molar-refractivity contribution in [2.45, 2.75) is 19.4 Å². The number of hydrogen-bond donors (Lipinski definition) is 1. The number of amides is 1. The second kappa shape index (κ2) is 8.10. The van der Waals surface area contributed by atoms with Crippen LogP contribution in [-0.4, -0.2) is 10.9 Å². The lowest BCUT2D eigenvalue weighted by atomic mass is 10.0. The van der Waals surface area contributed by atoms with E-state index in [4.69, 9.17) is 4.98 Å². The number of rotatable bonds is 5. The van der Waals surface area contributed by atoms with Gasteiger partial charge in [0.25, 0.3) is 5.91 Å². The summed E-state index contributed by atoms with van der Waals surface area (Å²) < 4.78 is 0.749. The minimum atomic E-state index is -0.254. The first-order valence-electron chi connectivity index (χ1n) is 9.60. The number of para-hydroxylation sites is 1. The summed E-state index contributed by atoms with van der Waals surface area (Å²) in [6.07, 6.45) is 3.60. The van der Waals surface area contributed by atoms with Gasteiger partial charge in [0.05, 0.1) is 22.8 Å². The summed E-state index contributed by atoms with van der Waals surface area (Å²) >= 11 is 0. The van der Waals surface area contributed by atoms with E-state index in [-0.39, 0.29) is 11.9 Å². The van der Waals surface area contributed by atoms with E-state index in [1.807, 2.05) is 73.7 Å². The maximum Gasteiger partial charge on any atom is 0.252 e. The summed E-state index contributed by atoms with van der Waals surface area (Å²) in [5, 5.41) is 15.5. The maximum absolute atomic E-state index is 13.2. The average Bonchev–Trinajstić information content (AvgIpc) is 2.77. The fourth-order valence-electron chi connectivity index (χ4n) is 3.46. The zero-order valence-electron chi connectivity index (χ0n) is 16.1. The third-order valence-electron chi connectivity index (χ3n) is 4.94. The van der Waals surface area contributed by atoms with E-state index in [0.717, 1.165) is 32.5 Å². The fourth-order valence-corrected chi connectivity index (χ4v) is 3.46. The Labute approximate surface area is 169 Å². The van der Waals surface area contributed by atoms with E-state index < -0.39 is 0 Å². The predicted octanol–water partition coefficient (Wildman–Crippen LogP) is 4.42. The SMILES string of the molecule is CCC(NC(=O)c1cc(-c2ccccc2)nc2ccccc12)c1ccc[n+]([O-])c1. The van der Waals surface area contributed by atoms with Gasteiger partial charge in [-0.15, -0.1) is 0 Å². The van der Waals surface area contributed by atoms with Gasteiger partial charge in [-0.2, -0.15) is 4.73 Å². The van der Waals surface area contributed by atoms with Crippen LogP contribution in [0.3, 0.4) is 0 Å². The highest BCUT2D eigenvalue weighted by molar-refractivity contribution is 6.07. The largest absolute Gasteiger partial charge is 0.619 e. The summed E-state index contributed by atoms with van der Waals surface area (Å²) in [5.74, 6) is -0.186. The second-order valence-corrected chi connectivity index (χ2v) is 6.87. The Balaban J connectivity index is 1.75. The zero-order valence-corrected chi connectivity index (χ0v) is 16.1. The molecule has 29 heavy (non-hydrogen) atoms. The van der Waals surface area contributed by atoms with Crippen molar-refractivity contribution in [1.82, 2.24) is 10.3 Å². The number of aromatic nitrogens is 2. The molecule has 1 N–H and O–H groups in total. The fraction of sp³-hybridized carbons (Fsp3) is 0.125. The number of carbonyl (C=O) groups excluding carboxylic acids is 1. The van der Waals surface area contributed by atoms with Gasteiger partial charge in [-0.1, -0.05) is 55.5 Å². The molecular formula is C24H21N3O2. The molecule has 4 aromatic rings. The molecule has 5 heteroatoms. The van der Waals surface area contributed by atoms with E-state index in [2.05, 4.69) is 5.32 Å². The summed E-state index contributed by atoms with van der Waals surface area (Å²) in [4.78, 5) is 18.0. The monoisotopic (exact) mass is 383 g/mol. The number of pyridine rings is 2. The van der Waals surface area contributed by atoms with Crippen LogP contribution in [0.25, 0.3) is 22.2 Å². The molecule has 144 valence electrons. The second-order valence-electron chi connectivity index (χ2n) is 6.87. The highest BCUT2D eigenvalue weighted by Crippen LogP contribution is 2.25. The van der Waals surface area contributed by atoms with Crippen LogP contribution in [-0.2, 0) is 0 Å². The van der Waals surface area contributed by atoms with Crippen LogP contribution in [0.2, 0.25) is 0 Å². The Kier molecular flexibility index (Phi) is 5.20. The lowest BCUT2D eigenvalue weighted by molar-refractivity contribution is -0.606.